The zero-order valence-corrected chi connectivity index (χ0v) is 29.2. The number of amides is 1. The molecule has 2 heterocycles. The topological polar surface area (TPSA) is 146 Å². The number of nitrogens with zero attached hydrogens (tertiary/aromatic N) is 7. The third-order valence-electron chi connectivity index (χ3n) is 6.66. The molecule has 4 rings (SSSR count). The van der Waals surface area contributed by atoms with Gasteiger partial charge in [-0.15, -0.1) is 0 Å². The first-order valence-electron chi connectivity index (χ1n) is 15.4. The number of halogens is 5. The standard InChI is InChI=1S/C28H28ClF4N9O3.C5H12/c1-3-35-28(44)45-14-23(18-8-9-20(29)22(10-18)42-25(24(30)31)36-15-38-42)40(2)27(34)39-21(13-43)17-6-4-16(5-7-17)19-11-37-41(12-19)26(32)33;1-5(2,3)4/h4-13,15,21,23-24,26H,3,14H2,1-2H3,(H2,34,39)(H,35,44);1-4H3. The van der Waals surface area contributed by atoms with E-state index < -0.39 is 37.0 Å². The zero-order valence-electron chi connectivity index (χ0n) is 28.4. The van der Waals surface area contributed by atoms with Gasteiger partial charge in [-0.25, -0.2) is 32.9 Å². The Hall–Kier alpha value is -4.99. The molecule has 0 radical (unpaired) electrons. The van der Waals surface area contributed by atoms with Gasteiger partial charge in [0, 0.05) is 25.4 Å². The molecule has 3 N–H and O–H groups in total. The number of nitrogens with two attached hydrogens (primary N) is 1. The van der Waals surface area contributed by atoms with Crippen LogP contribution in [0.5, 0.6) is 0 Å². The highest BCUT2D eigenvalue weighted by atomic mass is 35.5. The summed E-state index contributed by atoms with van der Waals surface area (Å²) in [5, 5.41) is 10.1. The molecule has 0 saturated carbocycles. The first-order chi connectivity index (χ1) is 23.5. The summed E-state index contributed by atoms with van der Waals surface area (Å²) in [6, 6.07) is 9.11. The van der Waals surface area contributed by atoms with Crippen LogP contribution in [0.3, 0.4) is 0 Å². The maximum atomic E-state index is 13.6. The van der Waals surface area contributed by atoms with Crippen molar-refractivity contribution in [2.45, 2.75) is 59.7 Å². The molecule has 0 fully saturated rings. The van der Waals surface area contributed by atoms with E-state index in [1.165, 1.54) is 29.4 Å². The van der Waals surface area contributed by atoms with Gasteiger partial charge in [0.2, 0.25) is 0 Å². The van der Waals surface area contributed by atoms with Gasteiger partial charge >= 0.3 is 12.6 Å². The predicted octanol–water partition coefficient (Wildman–Crippen LogP) is 7.14. The first kappa shape index (κ1) is 39.4. The SMILES string of the molecule is CC(C)(C)C.CCNC(=O)OCC(c1ccc(Cl)c(-n2ncnc2C(F)F)c1)N(C)C(N)=NC(C=O)c1ccc(-c2cnn(C(F)F)c2)cc1. The average molecular weight is 722 g/mol. The van der Waals surface area contributed by atoms with Gasteiger partial charge in [0.1, 0.15) is 25.3 Å². The van der Waals surface area contributed by atoms with Crippen LogP contribution in [0, 0.1) is 5.41 Å². The Morgan fingerprint density at radius 1 is 1.08 bits per heavy atom. The number of benzene rings is 2. The molecule has 0 aliphatic heterocycles. The van der Waals surface area contributed by atoms with Gasteiger partial charge in [0.25, 0.3) is 6.43 Å². The van der Waals surface area contributed by atoms with Crippen LogP contribution in [0.4, 0.5) is 22.4 Å². The number of aromatic nitrogens is 5. The number of aliphatic imine (C=N–C) groups is 1. The van der Waals surface area contributed by atoms with Crippen molar-refractivity contribution in [3.05, 3.63) is 83.2 Å². The number of nitrogens with one attached hydrogen (secondary N) is 1. The average Bonchev–Trinajstić information content (AvgIpc) is 3.75. The maximum absolute atomic E-state index is 13.6. The molecule has 1 amide bonds. The van der Waals surface area contributed by atoms with Crippen molar-refractivity contribution in [2.24, 2.45) is 16.1 Å². The van der Waals surface area contributed by atoms with E-state index in [1.807, 2.05) is 0 Å². The molecule has 12 nitrogen and oxygen atoms in total. The Morgan fingerprint density at radius 2 is 1.72 bits per heavy atom. The van der Waals surface area contributed by atoms with Crippen LogP contribution in [0.15, 0.2) is 66.2 Å². The summed E-state index contributed by atoms with van der Waals surface area (Å²) in [5.41, 5.74) is 8.88. The van der Waals surface area contributed by atoms with Crippen molar-refractivity contribution >= 4 is 29.9 Å². The van der Waals surface area contributed by atoms with Crippen LogP contribution >= 0.6 is 11.6 Å². The molecule has 2 aromatic heterocycles. The van der Waals surface area contributed by atoms with E-state index in [9.17, 15) is 27.2 Å². The summed E-state index contributed by atoms with van der Waals surface area (Å²) in [7, 11) is 1.55. The number of carbonyl (C=O) groups excluding carboxylic acids is 2. The lowest BCUT2D eigenvalue weighted by Gasteiger charge is -2.30. The van der Waals surface area contributed by atoms with Crippen LogP contribution in [0.25, 0.3) is 16.8 Å². The number of likely N-dealkylation sites (N-methyl/N-ethyl adjacent to an activating group) is 1. The fourth-order valence-corrected chi connectivity index (χ4v) is 4.51. The second-order valence-corrected chi connectivity index (χ2v) is 12.9. The normalized spacial score (nSPS) is 13.0. The van der Waals surface area contributed by atoms with E-state index in [2.05, 4.69) is 53.2 Å². The van der Waals surface area contributed by atoms with Gasteiger partial charge in [0.15, 0.2) is 11.8 Å². The van der Waals surface area contributed by atoms with E-state index in [0.717, 1.165) is 11.0 Å². The fourth-order valence-electron chi connectivity index (χ4n) is 4.31. The largest absolute Gasteiger partial charge is 0.447 e. The van der Waals surface area contributed by atoms with E-state index in [4.69, 9.17) is 22.1 Å². The third-order valence-corrected chi connectivity index (χ3v) is 6.98. The fraction of sp³-hybridized carbons (Fsp3) is 0.394. The molecule has 4 aromatic rings. The van der Waals surface area contributed by atoms with Crippen LogP contribution < -0.4 is 11.1 Å². The van der Waals surface area contributed by atoms with Crippen molar-refractivity contribution in [2.75, 3.05) is 20.2 Å². The van der Waals surface area contributed by atoms with Gasteiger partial charge in [-0.3, -0.25) is 0 Å². The molecule has 2 unspecified atom stereocenters. The van der Waals surface area contributed by atoms with Crippen molar-refractivity contribution < 1.29 is 31.9 Å². The van der Waals surface area contributed by atoms with Gasteiger partial charge < -0.3 is 25.5 Å². The number of carbonyl (C=O) groups is 2. The predicted molar refractivity (Wildman–Crippen MR) is 181 cm³/mol. The molecular weight excluding hydrogens is 682 g/mol. The lowest BCUT2D eigenvalue weighted by Crippen LogP contribution is -2.40. The smallest absolute Gasteiger partial charge is 0.407 e. The van der Waals surface area contributed by atoms with Gasteiger partial charge in [0.05, 0.1) is 22.9 Å². The van der Waals surface area contributed by atoms with Gasteiger partial charge in [-0.05, 0) is 41.2 Å². The molecule has 270 valence electrons. The second-order valence-electron chi connectivity index (χ2n) is 12.5. The molecule has 2 aromatic carbocycles. The maximum Gasteiger partial charge on any atom is 0.407 e. The molecule has 17 heteroatoms. The summed E-state index contributed by atoms with van der Waals surface area (Å²) in [5.74, 6) is -0.745. The number of ether oxygens (including phenoxy) is 1. The molecule has 2 atom stereocenters. The highest BCUT2D eigenvalue weighted by Gasteiger charge is 2.25. The van der Waals surface area contributed by atoms with Gasteiger partial charge in [-0.1, -0.05) is 69.6 Å². The summed E-state index contributed by atoms with van der Waals surface area (Å²) in [6.45, 7) is 7.73. The Morgan fingerprint density at radius 3 is 2.28 bits per heavy atom. The number of guanidine groups is 1. The quantitative estimate of drug-likeness (QED) is 0.0680. The van der Waals surface area contributed by atoms with E-state index in [0.29, 0.717) is 45.2 Å². The number of alkyl carbamates (subject to hydrolysis) is 1. The van der Waals surface area contributed by atoms with Gasteiger partial charge in [-0.2, -0.15) is 19.0 Å². The number of rotatable bonds is 12. The molecule has 0 aliphatic rings. The zero-order chi connectivity index (χ0) is 37.2. The van der Waals surface area contributed by atoms with E-state index >= 15 is 0 Å². The Labute approximate surface area is 292 Å². The Bertz CT molecular complexity index is 1730. The van der Waals surface area contributed by atoms with Crippen LogP contribution in [0.1, 0.15) is 76.6 Å². The van der Waals surface area contributed by atoms with E-state index in [-0.39, 0.29) is 23.3 Å². The first-order valence-corrected chi connectivity index (χ1v) is 15.7. The van der Waals surface area contributed by atoms with Crippen LogP contribution in [-0.2, 0) is 9.53 Å². The minimum Gasteiger partial charge on any atom is -0.447 e. The molecule has 50 heavy (non-hydrogen) atoms. The molecule has 0 spiro atoms. The highest BCUT2D eigenvalue weighted by molar-refractivity contribution is 6.32. The van der Waals surface area contributed by atoms with Crippen LogP contribution in [-0.4, -0.2) is 68.0 Å². The highest BCUT2D eigenvalue weighted by Crippen LogP contribution is 2.30. The van der Waals surface area contributed by atoms with Crippen molar-refractivity contribution in [3.8, 4) is 16.8 Å². The summed E-state index contributed by atoms with van der Waals surface area (Å²) in [4.78, 5) is 33.6. The van der Waals surface area contributed by atoms with Crippen molar-refractivity contribution in [3.63, 3.8) is 0 Å². The van der Waals surface area contributed by atoms with Crippen molar-refractivity contribution in [1.82, 2.24) is 34.8 Å². The molecular formula is C33H40ClF4N9O3. The minimum atomic E-state index is -2.93. The number of aldehydes is 1. The monoisotopic (exact) mass is 721 g/mol. The van der Waals surface area contributed by atoms with Crippen molar-refractivity contribution in [1.29, 1.82) is 0 Å². The Balaban J connectivity index is 0.00000126. The lowest BCUT2D eigenvalue weighted by atomic mass is 10.0. The number of hydrogen-bond donors (Lipinski definition) is 2. The van der Waals surface area contributed by atoms with E-state index in [1.54, 1.807) is 44.3 Å². The minimum absolute atomic E-state index is 0.0961. The molecule has 0 saturated heterocycles. The number of alkyl halides is 4. The number of hydrogen-bond acceptors (Lipinski definition) is 7. The summed E-state index contributed by atoms with van der Waals surface area (Å²) in [6.07, 6.45) is 0.401. The molecule has 0 bridgehead atoms. The third kappa shape index (κ3) is 11.0. The Kier molecular flexibility index (Phi) is 13.9. The van der Waals surface area contributed by atoms with Crippen LogP contribution in [0.2, 0.25) is 5.02 Å². The molecule has 0 aliphatic carbocycles. The summed E-state index contributed by atoms with van der Waals surface area (Å²) < 4.78 is 59.7. The second kappa shape index (κ2) is 17.6. The lowest BCUT2D eigenvalue weighted by molar-refractivity contribution is -0.108. The summed E-state index contributed by atoms with van der Waals surface area (Å²) >= 11 is 6.33.